The number of hydrogen-bond acceptors (Lipinski definition) is 3. The quantitative estimate of drug-likeness (QED) is 0.402. The normalized spacial score (nSPS) is 10.9. The van der Waals surface area contributed by atoms with E-state index in [0.717, 1.165) is 28.0 Å². The van der Waals surface area contributed by atoms with Crippen LogP contribution < -0.4 is 14.8 Å². The molecule has 0 bridgehead atoms. The Kier molecular flexibility index (Phi) is 6.95. The van der Waals surface area contributed by atoms with Crippen molar-refractivity contribution in [3.05, 3.63) is 82.2 Å². The highest BCUT2D eigenvalue weighted by Crippen LogP contribution is 2.31. The molecule has 2 aromatic carbocycles. The number of nitrogens with zero attached hydrogens (tertiary/aromatic N) is 1. The molecule has 0 saturated carbocycles. The number of aromatic nitrogens is 1. The summed E-state index contributed by atoms with van der Waals surface area (Å²) in [6.45, 7) is 10.4. The number of anilines is 1. The molecular formula is C26H30N2O3. The third-order valence-corrected chi connectivity index (χ3v) is 5.43. The number of amides is 1. The lowest BCUT2D eigenvalue weighted by molar-refractivity contribution is -0.600. The molecule has 0 unspecified atom stereocenters. The minimum Gasteiger partial charge on any atom is -0.618 e. The molecule has 1 N–H and O–H groups in total. The van der Waals surface area contributed by atoms with Crippen molar-refractivity contribution in [2.24, 2.45) is 5.92 Å². The van der Waals surface area contributed by atoms with E-state index in [4.69, 9.17) is 4.74 Å². The average molecular weight is 419 g/mol. The molecule has 0 aliphatic rings. The van der Waals surface area contributed by atoms with Gasteiger partial charge in [-0.25, -0.2) is 0 Å². The van der Waals surface area contributed by atoms with E-state index >= 15 is 0 Å². The van der Waals surface area contributed by atoms with Gasteiger partial charge in [0.05, 0.1) is 6.61 Å². The molecule has 5 heteroatoms. The van der Waals surface area contributed by atoms with Gasteiger partial charge in [0.15, 0.2) is 11.3 Å². The lowest BCUT2D eigenvalue weighted by Gasteiger charge is -2.18. The number of aryl methyl sites for hydroxylation is 2. The molecule has 5 nitrogen and oxygen atoms in total. The zero-order valence-corrected chi connectivity index (χ0v) is 18.9. The summed E-state index contributed by atoms with van der Waals surface area (Å²) in [6.07, 6.45) is 0.851. The van der Waals surface area contributed by atoms with E-state index in [9.17, 15) is 10.0 Å². The summed E-state index contributed by atoms with van der Waals surface area (Å²) in [5, 5.41) is 16.1. The Morgan fingerprint density at radius 3 is 2.45 bits per heavy atom. The lowest BCUT2D eigenvalue weighted by Crippen LogP contribution is -2.36. The topological polar surface area (TPSA) is 65.3 Å². The average Bonchev–Trinajstić information content (AvgIpc) is 2.73. The Labute approximate surface area is 184 Å². The van der Waals surface area contributed by atoms with Gasteiger partial charge in [-0.15, -0.1) is 0 Å². The second kappa shape index (κ2) is 9.65. The second-order valence-corrected chi connectivity index (χ2v) is 8.27. The minimum atomic E-state index is -0.364. The van der Waals surface area contributed by atoms with E-state index in [1.807, 2.05) is 62.4 Å². The van der Waals surface area contributed by atoms with E-state index in [-0.39, 0.29) is 11.5 Å². The highest BCUT2D eigenvalue weighted by molar-refractivity contribution is 6.10. The Bertz CT molecular complexity index is 1080. The van der Waals surface area contributed by atoms with Gasteiger partial charge in [0.2, 0.25) is 5.69 Å². The summed E-state index contributed by atoms with van der Waals surface area (Å²) in [5.74, 6) is 0.527. The molecule has 0 aliphatic heterocycles. The molecule has 162 valence electrons. The van der Waals surface area contributed by atoms with Crippen molar-refractivity contribution < 1.29 is 14.3 Å². The third kappa shape index (κ3) is 5.05. The molecule has 0 radical (unpaired) electrons. The van der Waals surface area contributed by atoms with Crippen LogP contribution in [-0.2, 0) is 0 Å². The summed E-state index contributed by atoms with van der Waals surface area (Å²) >= 11 is 0. The molecule has 0 atom stereocenters. The largest absolute Gasteiger partial charge is 0.618 e. The maximum absolute atomic E-state index is 13.5. The van der Waals surface area contributed by atoms with Crippen LogP contribution in [0.1, 0.15) is 47.4 Å². The van der Waals surface area contributed by atoms with Crippen LogP contribution in [0.25, 0.3) is 11.3 Å². The number of hydrogen-bond donors (Lipinski definition) is 1. The standard InChI is InChI=1S/C26H30N2O3/c1-17(2)14-15-31-23-16-19(4)28(30)25(21-11-7-6-8-12-21)24(23)26(29)27-22-13-9-10-18(3)20(22)5/h6-13,16-17H,14-15H2,1-5H3,(H,27,29). The first kappa shape index (κ1) is 22.3. The first-order chi connectivity index (χ1) is 14.8. The van der Waals surface area contributed by atoms with Gasteiger partial charge in [0.25, 0.3) is 5.91 Å². The van der Waals surface area contributed by atoms with Gasteiger partial charge < -0.3 is 15.3 Å². The van der Waals surface area contributed by atoms with E-state index < -0.39 is 0 Å². The van der Waals surface area contributed by atoms with E-state index in [1.165, 1.54) is 0 Å². The van der Waals surface area contributed by atoms with Crippen molar-refractivity contribution in [2.75, 3.05) is 11.9 Å². The zero-order valence-electron chi connectivity index (χ0n) is 18.9. The lowest BCUT2D eigenvalue weighted by atomic mass is 10.0. The van der Waals surface area contributed by atoms with Gasteiger partial charge >= 0.3 is 0 Å². The summed E-state index contributed by atoms with van der Waals surface area (Å²) < 4.78 is 6.85. The van der Waals surface area contributed by atoms with Crippen LogP contribution in [0.5, 0.6) is 5.75 Å². The van der Waals surface area contributed by atoms with E-state index in [1.54, 1.807) is 13.0 Å². The van der Waals surface area contributed by atoms with Crippen molar-refractivity contribution in [3.63, 3.8) is 0 Å². The molecule has 0 spiro atoms. The Morgan fingerprint density at radius 1 is 1.06 bits per heavy atom. The highest BCUT2D eigenvalue weighted by Gasteiger charge is 2.29. The fourth-order valence-corrected chi connectivity index (χ4v) is 3.38. The monoisotopic (exact) mass is 418 g/mol. The first-order valence-electron chi connectivity index (χ1n) is 10.6. The Balaban J connectivity index is 2.13. The molecule has 0 aliphatic carbocycles. The summed E-state index contributed by atoms with van der Waals surface area (Å²) in [5.41, 5.74) is 4.47. The summed E-state index contributed by atoms with van der Waals surface area (Å²) in [4.78, 5) is 13.5. The van der Waals surface area contributed by atoms with Gasteiger partial charge in [-0.2, -0.15) is 4.73 Å². The van der Waals surface area contributed by atoms with Gasteiger partial charge in [-0.3, -0.25) is 4.79 Å². The van der Waals surface area contributed by atoms with Crippen LogP contribution in [-0.4, -0.2) is 12.5 Å². The number of nitrogens with one attached hydrogen (secondary N) is 1. The van der Waals surface area contributed by atoms with Gasteiger partial charge in [0.1, 0.15) is 5.75 Å². The maximum Gasteiger partial charge on any atom is 0.266 e. The predicted octanol–water partition coefficient (Wildman–Crippen LogP) is 5.59. The van der Waals surface area contributed by atoms with E-state index in [0.29, 0.717) is 35.2 Å². The molecule has 1 heterocycles. The van der Waals surface area contributed by atoms with Crippen LogP contribution in [0.4, 0.5) is 5.69 Å². The van der Waals surface area contributed by atoms with Crippen molar-refractivity contribution in [1.82, 2.24) is 0 Å². The van der Waals surface area contributed by atoms with Crippen molar-refractivity contribution in [3.8, 4) is 17.0 Å². The van der Waals surface area contributed by atoms with Crippen molar-refractivity contribution in [1.29, 1.82) is 0 Å². The van der Waals surface area contributed by atoms with Crippen LogP contribution >= 0.6 is 0 Å². The molecule has 3 rings (SSSR count). The van der Waals surface area contributed by atoms with E-state index in [2.05, 4.69) is 19.2 Å². The fourth-order valence-electron chi connectivity index (χ4n) is 3.38. The number of carbonyl (C=O) groups is 1. The summed E-state index contributed by atoms with van der Waals surface area (Å²) in [6, 6.07) is 16.7. The predicted molar refractivity (Wildman–Crippen MR) is 124 cm³/mol. The van der Waals surface area contributed by atoms with Crippen molar-refractivity contribution in [2.45, 2.75) is 41.0 Å². The SMILES string of the molecule is Cc1cccc(NC(=O)c2c(OCCC(C)C)cc(C)[n+]([O-])c2-c2ccccc2)c1C. The number of carbonyl (C=O) groups excluding carboxylic acids is 1. The van der Waals surface area contributed by atoms with Gasteiger partial charge in [-0.05, 0) is 55.5 Å². The summed E-state index contributed by atoms with van der Waals surface area (Å²) in [7, 11) is 0. The van der Waals surface area contributed by atoms with Gasteiger partial charge in [0, 0.05) is 24.2 Å². The third-order valence-electron chi connectivity index (χ3n) is 5.43. The Hall–Kier alpha value is -3.34. The fraction of sp³-hybridized carbons (Fsp3) is 0.308. The highest BCUT2D eigenvalue weighted by atomic mass is 16.5. The molecule has 1 aromatic heterocycles. The zero-order chi connectivity index (χ0) is 22.5. The number of rotatable bonds is 7. The molecule has 1 amide bonds. The van der Waals surface area contributed by atoms with Gasteiger partial charge in [-0.1, -0.05) is 44.2 Å². The molecule has 31 heavy (non-hydrogen) atoms. The number of benzene rings is 2. The molecule has 0 fully saturated rings. The number of ether oxygens (including phenoxy) is 1. The number of pyridine rings is 1. The minimum absolute atomic E-state index is 0.247. The maximum atomic E-state index is 13.5. The smallest absolute Gasteiger partial charge is 0.266 e. The van der Waals surface area contributed by atoms with Crippen LogP contribution in [0, 0.1) is 31.9 Å². The first-order valence-corrected chi connectivity index (χ1v) is 10.6. The molecule has 0 saturated heterocycles. The molecule has 3 aromatic rings. The molecular weight excluding hydrogens is 388 g/mol. The Morgan fingerprint density at radius 2 is 1.77 bits per heavy atom. The van der Waals surface area contributed by atoms with Crippen molar-refractivity contribution >= 4 is 11.6 Å². The van der Waals surface area contributed by atoms with Crippen LogP contribution in [0.15, 0.2) is 54.6 Å². The van der Waals surface area contributed by atoms with Crippen LogP contribution in [0.3, 0.4) is 0 Å². The van der Waals surface area contributed by atoms with Crippen LogP contribution in [0.2, 0.25) is 0 Å². The second-order valence-electron chi connectivity index (χ2n) is 8.27.